The number of nitrogens with zero attached hydrogens (tertiary/aromatic N) is 3. The fourth-order valence-corrected chi connectivity index (χ4v) is 4.63. The number of hydrogen-bond acceptors (Lipinski definition) is 7. The summed E-state index contributed by atoms with van der Waals surface area (Å²) in [4.78, 5) is 51.5. The topological polar surface area (TPSA) is 112 Å². The molecule has 0 unspecified atom stereocenters. The number of ether oxygens (including phenoxy) is 2. The van der Waals surface area contributed by atoms with Crippen LogP contribution in [0.1, 0.15) is 51.5 Å². The number of halogens is 3. The summed E-state index contributed by atoms with van der Waals surface area (Å²) in [6.07, 6.45) is -4.46. The van der Waals surface area contributed by atoms with E-state index >= 15 is 0 Å². The number of fused-ring (bicyclic) bond motifs is 1. The van der Waals surface area contributed by atoms with Crippen molar-refractivity contribution in [3.05, 3.63) is 43.6 Å². The molecule has 0 saturated carbocycles. The van der Waals surface area contributed by atoms with Crippen molar-refractivity contribution in [2.24, 2.45) is 0 Å². The SMILES string of the molecule is CCO/C=C/C(=O)N(Cc1sc2c(c1C)c(=O)n(CC)c(=O)n2CCC(F)(F)F)NC(=O)OC(C)(C)C. The minimum absolute atomic E-state index is 0.0305. The first-order valence-electron chi connectivity index (χ1n) is 11.5. The molecular weight excluding hydrogens is 517 g/mol. The Bertz CT molecular complexity index is 1290. The van der Waals surface area contributed by atoms with Gasteiger partial charge in [-0.15, -0.1) is 11.3 Å². The van der Waals surface area contributed by atoms with Gasteiger partial charge in [0.1, 0.15) is 10.4 Å². The first-order valence-corrected chi connectivity index (χ1v) is 12.3. The first-order chi connectivity index (χ1) is 17.1. The minimum atomic E-state index is -4.51. The van der Waals surface area contributed by atoms with Crippen molar-refractivity contribution < 1.29 is 32.2 Å². The van der Waals surface area contributed by atoms with Crippen LogP contribution in [0.15, 0.2) is 21.9 Å². The van der Waals surface area contributed by atoms with E-state index in [-0.39, 0.29) is 23.3 Å². The molecular formula is C23H31F3N4O6S. The van der Waals surface area contributed by atoms with Crippen LogP contribution in [-0.4, -0.2) is 44.5 Å². The summed E-state index contributed by atoms with van der Waals surface area (Å²) in [7, 11) is 0. The summed E-state index contributed by atoms with van der Waals surface area (Å²) in [6, 6.07) is 0. The highest BCUT2D eigenvalue weighted by Crippen LogP contribution is 2.30. The molecule has 0 fully saturated rings. The number of nitrogens with one attached hydrogen (secondary N) is 1. The molecule has 0 atom stereocenters. The van der Waals surface area contributed by atoms with Gasteiger partial charge in [0.2, 0.25) is 0 Å². The Balaban J connectivity index is 2.59. The Morgan fingerprint density at radius 3 is 2.32 bits per heavy atom. The molecule has 14 heteroatoms. The monoisotopic (exact) mass is 548 g/mol. The molecule has 2 rings (SSSR count). The van der Waals surface area contributed by atoms with E-state index in [0.717, 1.165) is 37.8 Å². The van der Waals surface area contributed by atoms with Gasteiger partial charge in [-0.3, -0.25) is 18.7 Å². The molecule has 37 heavy (non-hydrogen) atoms. The first kappa shape index (κ1) is 29.9. The van der Waals surface area contributed by atoms with E-state index in [4.69, 9.17) is 9.47 Å². The van der Waals surface area contributed by atoms with E-state index < -0.39 is 48.0 Å². The standard InChI is InChI=1S/C23H31F3N4O6S/c1-7-28-18(32)17-14(3)15(37-19(17)29(21(28)34)11-10-23(24,25)26)13-30(16(31)9-12-35-8-2)27-20(33)36-22(4,5)6/h9,12H,7-8,10-11,13H2,1-6H3,(H,27,33)/b12-9+. The summed E-state index contributed by atoms with van der Waals surface area (Å²) in [6.45, 7) is 9.10. The van der Waals surface area contributed by atoms with E-state index in [0.29, 0.717) is 17.0 Å². The Morgan fingerprint density at radius 1 is 1.14 bits per heavy atom. The van der Waals surface area contributed by atoms with Gasteiger partial charge >= 0.3 is 18.0 Å². The lowest BCUT2D eigenvalue weighted by Gasteiger charge is -2.25. The van der Waals surface area contributed by atoms with Gasteiger partial charge in [0.15, 0.2) is 0 Å². The lowest BCUT2D eigenvalue weighted by Crippen LogP contribution is -2.47. The van der Waals surface area contributed by atoms with Crippen molar-refractivity contribution in [3.63, 3.8) is 0 Å². The zero-order valence-electron chi connectivity index (χ0n) is 21.5. The molecule has 0 aliphatic carbocycles. The van der Waals surface area contributed by atoms with E-state index in [1.165, 1.54) is 0 Å². The number of rotatable bonds is 8. The fourth-order valence-electron chi connectivity index (χ4n) is 3.33. The van der Waals surface area contributed by atoms with Gasteiger partial charge in [-0.1, -0.05) is 0 Å². The van der Waals surface area contributed by atoms with Gasteiger partial charge in [-0.2, -0.15) is 13.2 Å². The van der Waals surface area contributed by atoms with Gasteiger partial charge in [-0.05, 0) is 47.1 Å². The van der Waals surface area contributed by atoms with Crippen LogP contribution in [0.5, 0.6) is 0 Å². The lowest BCUT2D eigenvalue weighted by atomic mass is 10.2. The molecule has 1 N–H and O–H groups in total. The fraction of sp³-hybridized carbons (Fsp3) is 0.565. The number of carbonyl (C=O) groups excluding carboxylic acids is 2. The summed E-state index contributed by atoms with van der Waals surface area (Å²) in [5.74, 6) is -0.684. The molecule has 0 bridgehead atoms. The van der Waals surface area contributed by atoms with Gasteiger partial charge in [0, 0.05) is 24.0 Å². The second-order valence-corrected chi connectivity index (χ2v) is 10.1. The Hall–Kier alpha value is -3.29. The molecule has 0 saturated heterocycles. The molecule has 0 aliphatic rings. The molecule has 0 spiro atoms. The van der Waals surface area contributed by atoms with Crippen molar-refractivity contribution in [1.29, 1.82) is 0 Å². The number of amides is 2. The smallest absolute Gasteiger partial charge is 0.426 e. The number of aromatic nitrogens is 2. The van der Waals surface area contributed by atoms with E-state index in [1.807, 2.05) is 0 Å². The number of alkyl halides is 3. The Kier molecular flexibility index (Phi) is 9.58. The number of hydrogen-bond donors (Lipinski definition) is 1. The van der Waals surface area contributed by atoms with Crippen LogP contribution in [0.2, 0.25) is 0 Å². The summed E-state index contributed by atoms with van der Waals surface area (Å²) >= 11 is 0.904. The molecule has 2 amide bonds. The lowest BCUT2D eigenvalue weighted by molar-refractivity contribution is -0.136. The molecule has 2 aromatic heterocycles. The largest absolute Gasteiger partial charge is 0.501 e. The maximum absolute atomic E-state index is 13.0. The molecule has 0 aliphatic heterocycles. The Morgan fingerprint density at radius 2 is 1.78 bits per heavy atom. The second-order valence-electron chi connectivity index (χ2n) is 8.98. The summed E-state index contributed by atoms with van der Waals surface area (Å²) in [5.41, 5.74) is 0.387. The normalized spacial score (nSPS) is 12.2. The van der Waals surface area contributed by atoms with Crippen LogP contribution in [0.25, 0.3) is 10.2 Å². The van der Waals surface area contributed by atoms with Crippen molar-refractivity contribution in [2.75, 3.05) is 6.61 Å². The predicted molar refractivity (Wildman–Crippen MR) is 132 cm³/mol. The molecule has 0 radical (unpaired) electrons. The van der Waals surface area contributed by atoms with Crippen LogP contribution >= 0.6 is 11.3 Å². The van der Waals surface area contributed by atoms with E-state index in [9.17, 15) is 32.3 Å². The highest BCUT2D eigenvalue weighted by atomic mass is 32.1. The maximum Gasteiger partial charge on any atom is 0.426 e. The van der Waals surface area contributed by atoms with Crippen molar-refractivity contribution in [3.8, 4) is 0 Å². The van der Waals surface area contributed by atoms with E-state index in [1.54, 1.807) is 41.5 Å². The van der Waals surface area contributed by atoms with Gasteiger partial charge in [-0.25, -0.2) is 20.0 Å². The van der Waals surface area contributed by atoms with Crippen LogP contribution in [-0.2, 0) is 33.9 Å². The maximum atomic E-state index is 13.0. The van der Waals surface area contributed by atoms with Crippen molar-refractivity contribution >= 4 is 33.6 Å². The number of hydrazine groups is 1. The zero-order valence-corrected chi connectivity index (χ0v) is 22.3. The van der Waals surface area contributed by atoms with Gasteiger partial charge in [0.25, 0.3) is 11.5 Å². The molecule has 2 aromatic rings. The van der Waals surface area contributed by atoms with Gasteiger partial charge < -0.3 is 9.47 Å². The van der Waals surface area contributed by atoms with Crippen LogP contribution in [0.3, 0.4) is 0 Å². The molecule has 206 valence electrons. The quantitative estimate of drug-likeness (QED) is 0.305. The van der Waals surface area contributed by atoms with E-state index in [2.05, 4.69) is 5.43 Å². The van der Waals surface area contributed by atoms with Gasteiger partial charge in [0.05, 0.1) is 31.2 Å². The predicted octanol–water partition coefficient (Wildman–Crippen LogP) is 3.82. The third-order valence-corrected chi connectivity index (χ3v) is 6.29. The minimum Gasteiger partial charge on any atom is -0.501 e. The number of thiophene rings is 1. The zero-order chi connectivity index (χ0) is 28.1. The molecule has 10 nitrogen and oxygen atoms in total. The average Bonchev–Trinajstić information content (AvgIpc) is 3.07. The molecule has 2 heterocycles. The van der Waals surface area contributed by atoms with Crippen LogP contribution in [0.4, 0.5) is 18.0 Å². The second kappa shape index (κ2) is 11.8. The van der Waals surface area contributed by atoms with Crippen molar-refractivity contribution in [2.45, 2.75) is 79.4 Å². The summed E-state index contributed by atoms with van der Waals surface area (Å²) in [5, 5.41) is 1.01. The highest BCUT2D eigenvalue weighted by molar-refractivity contribution is 7.18. The van der Waals surface area contributed by atoms with Crippen LogP contribution < -0.4 is 16.7 Å². The highest BCUT2D eigenvalue weighted by Gasteiger charge is 2.29. The number of aryl methyl sites for hydroxylation is 2. The van der Waals surface area contributed by atoms with Crippen molar-refractivity contribution in [1.82, 2.24) is 19.6 Å². The third kappa shape index (κ3) is 7.84. The Labute approximate surface area is 215 Å². The summed E-state index contributed by atoms with van der Waals surface area (Å²) < 4.78 is 50.9. The average molecular weight is 549 g/mol. The third-order valence-electron chi connectivity index (χ3n) is 4.99. The molecule has 0 aromatic carbocycles. The number of carbonyl (C=O) groups is 2. The van der Waals surface area contributed by atoms with Crippen LogP contribution in [0, 0.1) is 6.92 Å².